The zero-order chi connectivity index (χ0) is 16.1. The number of hydrogen-bond donors (Lipinski definition) is 1. The summed E-state index contributed by atoms with van der Waals surface area (Å²) in [5.41, 5.74) is 1.49. The molecule has 23 heavy (non-hydrogen) atoms. The first kappa shape index (κ1) is 15.2. The molecule has 1 unspecified atom stereocenters. The van der Waals surface area contributed by atoms with E-state index in [0.29, 0.717) is 18.1 Å². The average molecular weight is 313 g/mol. The SMILES string of the molecule is COCC(Nc1ccc(-c2ccc(F)cc2)nn1)c1ccco1. The zero-order valence-corrected chi connectivity index (χ0v) is 12.6. The fourth-order valence-electron chi connectivity index (χ4n) is 2.21. The van der Waals surface area contributed by atoms with Gasteiger partial charge in [-0.3, -0.25) is 0 Å². The summed E-state index contributed by atoms with van der Waals surface area (Å²) in [5.74, 6) is 1.09. The molecular weight excluding hydrogens is 297 g/mol. The van der Waals surface area contributed by atoms with Crippen LogP contribution in [0.5, 0.6) is 0 Å². The van der Waals surface area contributed by atoms with E-state index < -0.39 is 0 Å². The molecule has 1 atom stereocenters. The molecule has 0 aliphatic heterocycles. The van der Waals surface area contributed by atoms with Crippen molar-refractivity contribution in [2.75, 3.05) is 19.0 Å². The number of nitrogens with one attached hydrogen (secondary N) is 1. The van der Waals surface area contributed by atoms with E-state index in [-0.39, 0.29) is 11.9 Å². The fourth-order valence-corrected chi connectivity index (χ4v) is 2.21. The lowest BCUT2D eigenvalue weighted by atomic mass is 10.1. The van der Waals surface area contributed by atoms with Gasteiger partial charge in [0.1, 0.15) is 23.4 Å². The minimum Gasteiger partial charge on any atom is -0.467 e. The van der Waals surface area contributed by atoms with Gasteiger partial charge in [-0.05, 0) is 48.5 Å². The minimum absolute atomic E-state index is 0.152. The second-order valence-electron chi connectivity index (χ2n) is 4.98. The van der Waals surface area contributed by atoms with Gasteiger partial charge in [0.05, 0.1) is 18.6 Å². The van der Waals surface area contributed by atoms with Crippen LogP contribution in [0.3, 0.4) is 0 Å². The third kappa shape index (κ3) is 3.73. The van der Waals surface area contributed by atoms with Crippen molar-refractivity contribution >= 4 is 5.82 Å². The lowest BCUT2D eigenvalue weighted by molar-refractivity contribution is 0.178. The highest BCUT2D eigenvalue weighted by Crippen LogP contribution is 2.21. The van der Waals surface area contributed by atoms with E-state index in [1.165, 1.54) is 12.1 Å². The Kier molecular flexibility index (Phi) is 4.63. The van der Waals surface area contributed by atoms with Crippen LogP contribution in [-0.4, -0.2) is 23.9 Å². The number of aromatic nitrogens is 2. The van der Waals surface area contributed by atoms with Crippen LogP contribution in [0, 0.1) is 5.82 Å². The number of furan rings is 1. The Morgan fingerprint density at radius 1 is 1.13 bits per heavy atom. The van der Waals surface area contributed by atoms with Crippen LogP contribution < -0.4 is 5.32 Å². The third-order valence-electron chi connectivity index (χ3n) is 3.35. The number of hydrogen-bond acceptors (Lipinski definition) is 5. The number of halogens is 1. The van der Waals surface area contributed by atoms with E-state index in [4.69, 9.17) is 9.15 Å². The predicted molar refractivity (Wildman–Crippen MR) is 84.4 cm³/mol. The lowest BCUT2D eigenvalue weighted by Crippen LogP contribution is -2.16. The molecule has 0 spiro atoms. The van der Waals surface area contributed by atoms with Crippen LogP contribution >= 0.6 is 0 Å². The van der Waals surface area contributed by atoms with Crippen molar-refractivity contribution in [2.45, 2.75) is 6.04 Å². The Morgan fingerprint density at radius 3 is 2.57 bits per heavy atom. The molecule has 0 saturated carbocycles. The van der Waals surface area contributed by atoms with Gasteiger partial charge in [-0.1, -0.05) is 0 Å². The van der Waals surface area contributed by atoms with Crippen molar-refractivity contribution in [1.29, 1.82) is 0 Å². The quantitative estimate of drug-likeness (QED) is 0.752. The maximum atomic E-state index is 13.0. The molecule has 1 aromatic carbocycles. The molecule has 2 heterocycles. The van der Waals surface area contributed by atoms with Crippen molar-refractivity contribution in [3.8, 4) is 11.3 Å². The molecule has 0 radical (unpaired) electrons. The number of nitrogens with zero attached hydrogens (tertiary/aromatic N) is 2. The summed E-state index contributed by atoms with van der Waals surface area (Å²) in [4.78, 5) is 0. The smallest absolute Gasteiger partial charge is 0.149 e. The van der Waals surface area contributed by atoms with E-state index in [1.807, 2.05) is 24.3 Å². The lowest BCUT2D eigenvalue weighted by Gasteiger charge is -2.16. The third-order valence-corrected chi connectivity index (χ3v) is 3.35. The van der Waals surface area contributed by atoms with Crippen LogP contribution in [0.2, 0.25) is 0 Å². The molecule has 3 rings (SSSR count). The number of rotatable bonds is 6. The average Bonchev–Trinajstić information content (AvgIpc) is 3.10. The van der Waals surface area contributed by atoms with Gasteiger partial charge < -0.3 is 14.5 Å². The molecule has 0 aliphatic carbocycles. The molecule has 0 bridgehead atoms. The Hall–Kier alpha value is -2.73. The summed E-state index contributed by atoms with van der Waals surface area (Å²) in [6.45, 7) is 0.439. The highest BCUT2D eigenvalue weighted by molar-refractivity contribution is 5.59. The van der Waals surface area contributed by atoms with Gasteiger partial charge >= 0.3 is 0 Å². The summed E-state index contributed by atoms with van der Waals surface area (Å²) in [6, 6.07) is 13.3. The molecule has 0 amide bonds. The molecule has 5 nitrogen and oxygen atoms in total. The van der Waals surface area contributed by atoms with Crippen molar-refractivity contribution in [3.05, 3.63) is 66.4 Å². The minimum atomic E-state index is -0.277. The zero-order valence-electron chi connectivity index (χ0n) is 12.6. The summed E-state index contributed by atoms with van der Waals surface area (Å²) < 4.78 is 23.5. The van der Waals surface area contributed by atoms with E-state index in [0.717, 1.165) is 11.3 Å². The first-order valence-electron chi connectivity index (χ1n) is 7.15. The summed E-state index contributed by atoms with van der Waals surface area (Å²) >= 11 is 0. The molecular formula is C17H16FN3O2. The predicted octanol–water partition coefficient (Wildman–Crippen LogP) is 3.68. The summed E-state index contributed by atoms with van der Waals surface area (Å²) in [6.07, 6.45) is 1.61. The number of ether oxygens (including phenoxy) is 1. The second kappa shape index (κ2) is 7.02. The van der Waals surface area contributed by atoms with Crippen molar-refractivity contribution in [2.24, 2.45) is 0 Å². The van der Waals surface area contributed by atoms with Gasteiger partial charge in [0.15, 0.2) is 0 Å². The molecule has 2 aromatic heterocycles. The van der Waals surface area contributed by atoms with Crippen LogP contribution in [-0.2, 0) is 4.74 Å². The van der Waals surface area contributed by atoms with E-state index >= 15 is 0 Å². The van der Waals surface area contributed by atoms with Crippen LogP contribution in [0.25, 0.3) is 11.3 Å². The van der Waals surface area contributed by atoms with Crippen molar-refractivity contribution < 1.29 is 13.5 Å². The van der Waals surface area contributed by atoms with Gasteiger partial charge in [0.25, 0.3) is 0 Å². The van der Waals surface area contributed by atoms with Crippen molar-refractivity contribution in [1.82, 2.24) is 10.2 Å². The van der Waals surface area contributed by atoms with E-state index in [1.54, 1.807) is 25.5 Å². The van der Waals surface area contributed by atoms with E-state index in [9.17, 15) is 4.39 Å². The number of methoxy groups -OCH3 is 1. The maximum Gasteiger partial charge on any atom is 0.149 e. The largest absolute Gasteiger partial charge is 0.467 e. The normalized spacial score (nSPS) is 12.1. The number of benzene rings is 1. The summed E-state index contributed by atoms with van der Waals surface area (Å²) in [7, 11) is 1.63. The number of anilines is 1. The molecule has 0 saturated heterocycles. The topological polar surface area (TPSA) is 60.2 Å². The standard InChI is InChI=1S/C17H16FN3O2/c1-22-11-15(16-3-2-10-23-16)19-17-9-8-14(20-21-17)12-4-6-13(18)7-5-12/h2-10,15H,11H2,1H3,(H,19,21). The molecule has 0 fully saturated rings. The molecule has 6 heteroatoms. The second-order valence-corrected chi connectivity index (χ2v) is 4.98. The van der Waals surface area contributed by atoms with Gasteiger partial charge in [-0.15, -0.1) is 10.2 Å². The monoisotopic (exact) mass is 313 g/mol. The Balaban J connectivity index is 1.75. The van der Waals surface area contributed by atoms with Gasteiger partial charge in [-0.2, -0.15) is 0 Å². The molecule has 118 valence electrons. The molecule has 1 N–H and O–H groups in total. The molecule has 3 aromatic rings. The van der Waals surface area contributed by atoms with Gasteiger partial charge in [0, 0.05) is 12.7 Å². The van der Waals surface area contributed by atoms with Crippen LogP contribution in [0.4, 0.5) is 10.2 Å². The Morgan fingerprint density at radius 2 is 1.96 bits per heavy atom. The Labute approximate surface area is 133 Å². The molecule has 0 aliphatic rings. The van der Waals surface area contributed by atoms with E-state index in [2.05, 4.69) is 15.5 Å². The summed E-state index contributed by atoms with van der Waals surface area (Å²) in [5, 5.41) is 11.5. The fraction of sp³-hybridized carbons (Fsp3) is 0.176. The van der Waals surface area contributed by atoms with Gasteiger partial charge in [0.2, 0.25) is 0 Å². The Bertz CT molecular complexity index is 728. The highest BCUT2D eigenvalue weighted by atomic mass is 19.1. The first-order chi connectivity index (χ1) is 11.3. The van der Waals surface area contributed by atoms with Crippen LogP contribution in [0.1, 0.15) is 11.8 Å². The van der Waals surface area contributed by atoms with Gasteiger partial charge in [-0.25, -0.2) is 4.39 Å². The van der Waals surface area contributed by atoms with Crippen LogP contribution in [0.15, 0.2) is 59.2 Å². The van der Waals surface area contributed by atoms with Crippen molar-refractivity contribution in [3.63, 3.8) is 0 Å². The first-order valence-corrected chi connectivity index (χ1v) is 7.15. The highest BCUT2D eigenvalue weighted by Gasteiger charge is 2.15. The maximum absolute atomic E-state index is 13.0.